The molecule has 20 heavy (non-hydrogen) atoms. The van der Waals surface area contributed by atoms with Crippen LogP contribution in [0.4, 0.5) is 0 Å². The lowest BCUT2D eigenvalue weighted by Crippen LogP contribution is -2.10. The summed E-state index contributed by atoms with van der Waals surface area (Å²) in [6, 6.07) is 9.44. The van der Waals surface area contributed by atoms with Gasteiger partial charge in [0.1, 0.15) is 17.5 Å². The lowest BCUT2D eigenvalue weighted by Gasteiger charge is -2.03. The summed E-state index contributed by atoms with van der Waals surface area (Å²) in [5, 5.41) is 9.13. The molecule has 0 amide bonds. The smallest absolute Gasteiger partial charge is 0.266 e. The second-order valence-electron chi connectivity index (χ2n) is 4.63. The predicted molar refractivity (Wildman–Crippen MR) is 76.2 cm³/mol. The van der Waals surface area contributed by atoms with E-state index in [4.69, 9.17) is 5.26 Å². The number of aromatic amines is 1. The van der Waals surface area contributed by atoms with Gasteiger partial charge in [-0.3, -0.25) is 4.79 Å². The number of H-pyrrole nitrogens is 1. The van der Waals surface area contributed by atoms with Gasteiger partial charge in [0.15, 0.2) is 0 Å². The molecule has 1 aromatic carbocycles. The SMILES string of the molecule is Cc1nc2cc(-c3cc[nH]c(=O)c3C#N)ccc2n1C. The molecule has 0 radical (unpaired) electrons. The molecule has 0 atom stereocenters. The number of nitrogens with one attached hydrogen (secondary N) is 1. The van der Waals surface area contributed by atoms with Gasteiger partial charge in [-0.1, -0.05) is 6.07 Å². The van der Waals surface area contributed by atoms with Gasteiger partial charge in [-0.25, -0.2) is 4.98 Å². The van der Waals surface area contributed by atoms with Crippen molar-refractivity contribution in [3.05, 3.63) is 52.2 Å². The standard InChI is InChI=1S/C15H12N4O/c1-9-18-13-7-10(3-4-14(13)19(9)2)11-5-6-17-15(20)12(11)8-16/h3-7H,1-2H3,(H,17,20). The van der Waals surface area contributed by atoms with Crippen LogP contribution in [0.25, 0.3) is 22.2 Å². The summed E-state index contributed by atoms with van der Waals surface area (Å²) in [6.45, 7) is 1.94. The van der Waals surface area contributed by atoms with E-state index in [9.17, 15) is 4.79 Å². The fourth-order valence-electron chi connectivity index (χ4n) is 2.32. The van der Waals surface area contributed by atoms with E-state index in [0.29, 0.717) is 5.56 Å². The highest BCUT2D eigenvalue weighted by Gasteiger charge is 2.11. The maximum atomic E-state index is 11.7. The first kappa shape index (κ1) is 12.2. The molecule has 0 fully saturated rings. The molecule has 0 unspecified atom stereocenters. The average Bonchev–Trinajstić information content (AvgIpc) is 2.73. The minimum Gasteiger partial charge on any atom is -0.331 e. The van der Waals surface area contributed by atoms with Crippen molar-refractivity contribution in [1.29, 1.82) is 5.26 Å². The van der Waals surface area contributed by atoms with Crippen LogP contribution in [0.3, 0.4) is 0 Å². The fourth-order valence-corrected chi connectivity index (χ4v) is 2.32. The van der Waals surface area contributed by atoms with Gasteiger partial charge in [-0.2, -0.15) is 5.26 Å². The highest BCUT2D eigenvalue weighted by atomic mass is 16.1. The monoisotopic (exact) mass is 264 g/mol. The molecule has 0 saturated carbocycles. The number of hydrogen-bond acceptors (Lipinski definition) is 3. The van der Waals surface area contributed by atoms with Crippen LogP contribution in [0.1, 0.15) is 11.4 Å². The van der Waals surface area contributed by atoms with Crippen molar-refractivity contribution in [2.75, 3.05) is 0 Å². The number of fused-ring (bicyclic) bond motifs is 1. The second-order valence-corrected chi connectivity index (χ2v) is 4.63. The molecule has 98 valence electrons. The number of imidazole rings is 1. The van der Waals surface area contributed by atoms with E-state index in [1.807, 2.05) is 42.8 Å². The molecule has 5 heteroatoms. The van der Waals surface area contributed by atoms with Crippen molar-refractivity contribution in [2.24, 2.45) is 7.05 Å². The summed E-state index contributed by atoms with van der Waals surface area (Å²) in [6.07, 6.45) is 1.55. The quantitative estimate of drug-likeness (QED) is 0.731. The van der Waals surface area contributed by atoms with Crippen LogP contribution < -0.4 is 5.56 Å². The second kappa shape index (κ2) is 4.35. The van der Waals surface area contributed by atoms with Crippen molar-refractivity contribution < 1.29 is 0 Å². The molecular formula is C15H12N4O. The zero-order valence-electron chi connectivity index (χ0n) is 11.1. The minimum atomic E-state index is -0.373. The van der Waals surface area contributed by atoms with Gasteiger partial charge in [0.05, 0.1) is 11.0 Å². The van der Waals surface area contributed by atoms with E-state index >= 15 is 0 Å². The maximum Gasteiger partial charge on any atom is 0.266 e. The van der Waals surface area contributed by atoms with Crippen LogP contribution in [0.5, 0.6) is 0 Å². The number of pyridine rings is 1. The Morgan fingerprint density at radius 3 is 2.90 bits per heavy atom. The third-order valence-electron chi connectivity index (χ3n) is 3.49. The van der Waals surface area contributed by atoms with Crippen LogP contribution in [0.15, 0.2) is 35.3 Å². The molecule has 3 rings (SSSR count). The summed E-state index contributed by atoms with van der Waals surface area (Å²) < 4.78 is 2.00. The Bertz CT molecular complexity index is 912. The highest BCUT2D eigenvalue weighted by Crippen LogP contribution is 2.25. The minimum absolute atomic E-state index is 0.125. The van der Waals surface area contributed by atoms with E-state index in [-0.39, 0.29) is 11.1 Å². The molecule has 0 aliphatic heterocycles. The summed E-state index contributed by atoms with van der Waals surface area (Å²) in [4.78, 5) is 18.7. The third-order valence-corrected chi connectivity index (χ3v) is 3.49. The van der Waals surface area contributed by atoms with E-state index in [1.165, 1.54) is 0 Å². The number of hydrogen-bond donors (Lipinski definition) is 1. The third kappa shape index (κ3) is 1.70. The molecule has 2 aromatic heterocycles. The highest BCUT2D eigenvalue weighted by molar-refractivity contribution is 5.83. The van der Waals surface area contributed by atoms with E-state index < -0.39 is 0 Å². The normalized spacial score (nSPS) is 10.7. The maximum absolute atomic E-state index is 11.7. The summed E-state index contributed by atoms with van der Waals surface area (Å²) in [7, 11) is 1.96. The molecule has 0 saturated heterocycles. The largest absolute Gasteiger partial charge is 0.331 e. The molecule has 5 nitrogen and oxygen atoms in total. The fraction of sp³-hybridized carbons (Fsp3) is 0.133. The van der Waals surface area contributed by atoms with Crippen molar-refractivity contribution >= 4 is 11.0 Å². The molecule has 2 heterocycles. The molecule has 0 bridgehead atoms. The van der Waals surface area contributed by atoms with Crippen molar-refractivity contribution in [1.82, 2.24) is 14.5 Å². The van der Waals surface area contributed by atoms with Crippen LogP contribution in [0.2, 0.25) is 0 Å². The van der Waals surface area contributed by atoms with Crippen LogP contribution in [-0.2, 0) is 7.05 Å². The van der Waals surface area contributed by atoms with Gasteiger partial charge in [0, 0.05) is 18.8 Å². The molecule has 0 aliphatic carbocycles. The van der Waals surface area contributed by atoms with Crippen LogP contribution in [-0.4, -0.2) is 14.5 Å². The van der Waals surface area contributed by atoms with Gasteiger partial charge < -0.3 is 9.55 Å². The van der Waals surface area contributed by atoms with Crippen LogP contribution in [0, 0.1) is 18.3 Å². The molecule has 3 aromatic rings. The Morgan fingerprint density at radius 2 is 2.15 bits per heavy atom. The van der Waals surface area contributed by atoms with Crippen molar-refractivity contribution in [3.8, 4) is 17.2 Å². The number of aryl methyl sites for hydroxylation is 2. The van der Waals surface area contributed by atoms with Gasteiger partial charge in [-0.15, -0.1) is 0 Å². The lowest BCUT2D eigenvalue weighted by molar-refractivity contribution is 0.886. The first-order chi connectivity index (χ1) is 9.61. The van der Waals surface area contributed by atoms with E-state index in [1.54, 1.807) is 12.3 Å². The van der Waals surface area contributed by atoms with E-state index in [2.05, 4.69) is 9.97 Å². The zero-order valence-corrected chi connectivity index (χ0v) is 11.1. The average molecular weight is 264 g/mol. The van der Waals surface area contributed by atoms with Crippen molar-refractivity contribution in [3.63, 3.8) is 0 Å². The Morgan fingerprint density at radius 1 is 1.35 bits per heavy atom. The van der Waals surface area contributed by atoms with Gasteiger partial charge in [-0.05, 0) is 30.7 Å². The Balaban J connectivity index is 2.29. The number of aromatic nitrogens is 3. The van der Waals surface area contributed by atoms with Gasteiger partial charge >= 0.3 is 0 Å². The topological polar surface area (TPSA) is 74.5 Å². The summed E-state index contributed by atoms with van der Waals surface area (Å²) in [5.74, 6) is 0.920. The predicted octanol–water partition coefficient (Wildman–Crippen LogP) is 2.11. The number of nitrogens with zero attached hydrogens (tertiary/aromatic N) is 3. The van der Waals surface area contributed by atoms with Crippen molar-refractivity contribution in [2.45, 2.75) is 6.92 Å². The number of rotatable bonds is 1. The zero-order chi connectivity index (χ0) is 14.3. The first-order valence-electron chi connectivity index (χ1n) is 6.17. The Kier molecular flexibility index (Phi) is 2.65. The van der Waals surface area contributed by atoms with Gasteiger partial charge in [0.25, 0.3) is 5.56 Å². The van der Waals surface area contributed by atoms with Crippen LogP contribution >= 0.6 is 0 Å². The summed E-state index contributed by atoms with van der Waals surface area (Å²) in [5.41, 5.74) is 3.07. The van der Waals surface area contributed by atoms with Gasteiger partial charge in [0.2, 0.25) is 0 Å². The summed E-state index contributed by atoms with van der Waals surface area (Å²) >= 11 is 0. The molecular weight excluding hydrogens is 252 g/mol. The number of nitriles is 1. The molecule has 0 spiro atoms. The molecule has 1 N–H and O–H groups in total. The Hall–Kier alpha value is -2.87. The first-order valence-corrected chi connectivity index (χ1v) is 6.17. The number of benzene rings is 1. The lowest BCUT2D eigenvalue weighted by atomic mass is 10.0. The Labute approximate surface area is 115 Å². The molecule has 0 aliphatic rings. The van der Waals surface area contributed by atoms with E-state index in [0.717, 1.165) is 22.4 Å².